The van der Waals surface area contributed by atoms with Gasteiger partial charge in [-0.15, -0.1) is 0 Å². The summed E-state index contributed by atoms with van der Waals surface area (Å²) in [6.45, 7) is 5.81. The highest BCUT2D eigenvalue weighted by atomic mass is 15.2. The van der Waals surface area contributed by atoms with Gasteiger partial charge in [0.25, 0.3) is 0 Å². The minimum absolute atomic E-state index is 0.660. The van der Waals surface area contributed by atoms with Crippen LogP contribution in [0.1, 0.15) is 19.4 Å². The molecule has 12 heavy (non-hydrogen) atoms. The highest BCUT2D eigenvalue weighted by Gasteiger charge is 2.21. The number of imidazole rings is 1. The highest BCUT2D eigenvalue weighted by Crippen LogP contribution is 2.20. The molecule has 0 radical (unpaired) electrons. The molecule has 0 saturated carbocycles. The number of hydrogen-bond donors (Lipinski definition) is 0. The third-order valence-electron chi connectivity index (χ3n) is 2.64. The number of rotatable bonds is 2. The van der Waals surface area contributed by atoms with E-state index < -0.39 is 0 Å². The Morgan fingerprint density at radius 1 is 1.58 bits per heavy atom. The van der Waals surface area contributed by atoms with Gasteiger partial charge in [-0.05, 0) is 13.0 Å². The fraction of sp³-hybridized carbons (Fsp3) is 0.667. The summed E-state index contributed by atoms with van der Waals surface area (Å²) >= 11 is 0. The molecule has 66 valence electrons. The van der Waals surface area contributed by atoms with Gasteiger partial charge >= 0.3 is 0 Å². The standard InChI is InChI=1S/C9H15N3/c1-2-11-5-3-9(7-11)12-6-4-10-8-12/h4,6,8-9H,2-3,5,7H2,1H3. The predicted octanol–water partition coefficient (Wildman–Crippen LogP) is 1.15. The molecule has 2 heterocycles. The largest absolute Gasteiger partial charge is 0.333 e. The zero-order chi connectivity index (χ0) is 8.39. The first-order chi connectivity index (χ1) is 5.90. The Labute approximate surface area is 73.0 Å². The lowest BCUT2D eigenvalue weighted by atomic mass is 10.3. The van der Waals surface area contributed by atoms with Gasteiger partial charge in [-0.1, -0.05) is 6.92 Å². The fourth-order valence-electron chi connectivity index (χ4n) is 1.83. The Hall–Kier alpha value is -0.830. The van der Waals surface area contributed by atoms with Gasteiger partial charge in [0.05, 0.1) is 6.33 Å². The molecular formula is C9H15N3. The van der Waals surface area contributed by atoms with Gasteiger partial charge in [-0.3, -0.25) is 0 Å². The van der Waals surface area contributed by atoms with Crippen LogP contribution < -0.4 is 0 Å². The fourth-order valence-corrected chi connectivity index (χ4v) is 1.83. The second-order valence-corrected chi connectivity index (χ2v) is 3.35. The Balaban J connectivity index is 2.00. The van der Waals surface area contributed by atoms with Crippen molar-refractivity contribution in [3.05, 3.63) is 18.7 Å². The minimum Gasteiger partial charge on any atom is -0.333 e. The summed E-state index contributed by atoms with van der Waals surface area (Å²) in [6, 6.07) is 0.660. The maximum atomic E-state index is 4.06. The SMILES string of the molecule is CCN1CCC(n2ccnc2)C1. The van der Waals surface area contributed by atoms with E-state index in [1.807, 2.05) is 12.5 Å². The van der Waals surface area contributed by atoms with Gasteiger partial charge in [0.1, 0.15) is 0 Å². The first-order valence-corrected chi connectivity index (χ1v) is 4.60. The zero-order valence-electron chi connectivity index (χ0n) is 7.48. The van der Waals surface area contributed by atoms with Gasteiger partial charge < -0.3 is 9.47 Å². The van der Waals surface area contributed by atoms with Crippen LogP contribution in [0.25, 0.3) is 0 Å². The molecule has 1 aromatic rings. The van der Waals surface area contributed by atoms with Crippen molar-refractivity contribution in [2.45, 2.75) is 19.4 Å². The van der Waals surface area contributed by atoms with E-state index in [9.17, 15) is 0 Å². The summed E-state index contributed by atoms with van der Waals surface area (Å²) in [5.41, 5.74) is 0. The minimum atomic E-state index is 0.660. The smallest absolute Gasteiger partial charge is 0.0948 e. The van der Waals surface area contributed by atoms with Gasteiger partial charge in [0.2, 0.25) is 0 Å². The molecule has 0 N–H and O–H groups in total. The van der Waals surface area contributed by atoms with E-state index >= 15 is 0 Å². The monoisotopic (exact) mass is 165 g/mol. The summed E-state index contributed by atoms with van der Waals surface area (Å²) < 4.78 is 2.22. The summed E-state index contributed by atoms with van der Waals surface area (Å²) in [7, 11) is 0. The number of nitrogens with zero attached hydrogens (tertiary/aromatic N) is 3. The first kappa shape index (κ1) is 7.80. The van der Waals surface area contributed by atoms with E-state index in [4.69, 9.17) is 0 Å². The van der Waals surface area contributed by atoms with E-state index in [1.165, 1.54) is 26.1 Å². The van der Waals surface area contributed by atoms with Crippen molar-refractivity contribution in [1.29, 1.82) is 0 Å². The van der Waals surface area contributed by atoms with Crippen molar-refractivity contribution >= 4 is 0 Å². The molecule has 3 heteroatoms. The van der Waals surface area contributed by atoms with E-state index in [0.29, 0.717) is 6.04 Å². The molecule has 1 saturated heterocycles. The Bertz CT molecular complexity index is 230. The third-order valence-corrected chi connectivity index (χ3v) is 2.64. The molecule has 0 bridgehead atoms. The van der Waals surface area contributed by atoms with Crippen LogP contribution in [0, 0.1) is 0 Å². The van der Waals surface area contributed by atoms with E-state index in [0.717, 1.165) is 0 Å². The van der Waals surface area contributed by atoms with E-state index in [2.05, 4.69) is 27.6 Å². The van der Waals surface area contributed by atoms with Crippen molar-refractivity contribution in [2.75, 3.05) is 19.6 Å². The molecule has 0 amide bonds. The molecule has 0 aromatic carbocycles. The number of likely N-dealkylation sites (N-methyl/N-ethyl adjacent to an activating group) is 1. The van der Waals surface area contributed by atoms with Crippen LogP contribution in [-0.4, -0.2) is 34.1 Å². The molecule has 3 nitrogen and oxygen atoms in total. The lowest BCUT2D eigenvalue weighted by Gasteiger charge is -2.13. The van der Waals surface area contributed by atoms with Crippen LogP contribution in [-0.2, 0) is 0 Å². The van der Waals surface area contributed by atoms with Gasteiger partial charge in [-0.25, -0.2) is 4.98 Å². The predicted molar refractivity (Wildman–Crippen MR) is 48.0 cm³/mol. The van der Waals surface area contributed by atoms with Gasteiger partial charge in [-0.2, -0.15) is 0 Å². The normalized spacial score (nSPS) is 24.9. The van der Waals surface area contributed by atoms with Crippen molar-refractivity contribution in [3.8, 4) is 0 Å². The molecule has 0 spiro atoms. The zero-order valence-corrected chi connectivity index (χ0v) is 7.48. The summed E-state index contributed by atoms with van der Waals surface area (Å²) in [6.07, 6.45) is 7.10. The number of aromatic nitrogens is 2. The Morgan fingerprint density at radius 2 is 2.50 bits per heavy atom. The average Bonchev–Trinajstić information content (AvgIpc) is 2.75. The van der Waals surface area contributed by atoms with Crippen LogP contribution in [0.4, 0.5) is 0 Å². The van der Waals surface area contributed by atoms with Crippen LogP contribution >= 0.6 is 0 Å². The molecule has 0 aliphatic carbocycles. The molecule has 1 aromatic heterocycles. The number of hydrogen-bond acceptors (Lipinski definition) is 2. The van der Waals surface area contributed by atoms with Crippen LogP contribution in [0.3, 0.4) is 0 Å². The average molecular weight is 165 g/mol. The summed E-state index contributed by atoms with van der Waals surface area (Å²) in [5.74, 6) is 0. The maximum absolute atomic E-state index is 4.06. The van der Waals surface area contributed by atoms with Crippen molar-refractivity contribution < 1.29 is 0 Å². The first-order valence-electron chi connectivity index (χ1n) is 4.60. The lowest BCUT2D eigenvalue weighted by Crippen LogP contribution is -2.20. The molecule has 1 aliphatic heterocycles. The van der Waals surface area contributed by atoms with Gasteiger partial charge in [0, 0.05) is 31.5 Å². The molecule has 1 unspecified atom stereocenters. The van der Waals surface area contributed by atoms with Crippen molar-refractivity contribution in [3.63, 3.8) is 0 Å². The molecule has 1 aliphatic rings. The second kappa shape index (κ2) is 3.27. The Kier molecular flexibility index (Phi) is 2.13. The van der Waals surface area contributed by atoms with Crippen LogP contribution in [0.2, 0.25) is 0 Å². The molecular weight excluding hydrogens is 150 g/mol. The Morgan fingerprint density at radius 3 is 3.08 bits per heavy atom. The summed E-state index contributed by atoms with van der Waals surface area (Å²) in [4.78, 5) is 6.54. The summed E-state index contributed by atoms with van der Waals surface area (Å²) in [5, 5.41) is 0. The van der Waals surface area contributed by atoms with Gasteiger partial charge in [0.15, 0.2) is 0 Å². The number of likely N-dealkylation sites (tertiary alicyclic amines) is 1. The van der Waals surface area contributed by atoms with Crippen molar-refractivity contribution in [2.24, 2.45) is 0 Å². The van der Waals surface area contributed by atoms with Crippen LogP contribution in [0.5, 0.6) is 0 Å². The quantitative estimate of drug-likeness (QED) is 0.655. The van der Waals surface area contributed by atoms with Crippen molar-refractivity contribution in [1.82, 2.24) is 14.5 Å². The van der Waals surface area contributed by atoms with Crippen LogP contribution in [0.15, 0.2) is 18.7 Å². The molecule has 1 atom stereocenters. The topological polar surface area (TPSA) is 21.1 Å². The van der Waals surface area contributed by atoms with E-state index in [1.54, 1.807) is 0 Å². The lowest BCUT2D eigenvalue weighted by molar-refractivity contribution is 0.341. The molecule has 2 rings (SSSR count). The van der Waals surface area contributed by atoms with E-state index in [-0.39, 0.29) is 0 Å². The third kappa shape index (κ3) is 1.37. The highest BCUT2D eigenvalue weighted by molar-refractivity contribution is 4.86. The second-order valence-electron chi connectivity index (χ2n) is 3.35. The molecule has 1 fully saturated rings. The maximum Gasteiger partial charge on any atom is 0.0948 e.